The highest BCUT2D eigenvalue weighted by Crippen LogP contribution is 2.38. The molecule has 0 radical (unpaired) electrons. The third-order valence-electron chi connectivity index (χ3n) is 2.26. The molecule has 0 aliphatic carbocycles. The zero-order chi connectivity index (χ0) is 10.1. The van der Waals surface area contributed by atoms with Gasteiger partial charge in [0.05, 0.1) is 4.34 Å². The van der Waals surface area contributed by atoms with Gasteiger partial charge in [-0.1, -0.05) is 50.1 Å². The largest absolute Gasteiger partial charge is 0.195 e. The van der Waals surface area contributed by atoms with E-state index in [9.17, 15) is 4.39 Å². The summed E-state index contributed by atoms with van der Waals surface area (Å²) in [5, 5.41) is -0.191. The van der Waals surface area contributed by atoms with Gasteiger partial charge in [0.2, 0.25) is 0 Å². The van der Waals surface area contributed by atoms with Gasteiger partial charge in [0.25, 0.3) is 0 Å². The Bertz CT molecular complexity index is 291. The number of hydrogen-bond acceptors (Lipinski definition) is 1. The van der Waals surface area contributed by atoms with E-state index in [1.165, 1.54) is 0 Å². The summed E-state index contributed by atoms with van der Waals surface area (Å²) < 4.78 is 13.5. The molecule has 1 aromatic heterocycles. The van der Waals surface area contributed by atoms with E-state index in [0.717, 1.165) is 29.7 Å². The Morgan fingerprint density at radius 1 is 1.54 bits per heavy atom. The fourth-order valence-corrected chi connectivity index (χ4v) is 2.89. The van der Waals surface area contributed by atoms with Crippen molar-refractivity contribution in [1.29, 1.82) is 0 Å². The number of hydrogen-bond donors (Lipinski definition) is 0. The molecule has 0 bridgehead atoms. The summed E-state index contributed by atoms with van der Waals surface area (Å²) in [4.78, 5) is 0. The van der Waals surface area contributed by atoms with Crippen LogP contribution in [0.3, 0.4) is 0 Å². The smallest absolute Gasteiger partial charge is 0.178 e. The standard InChI is InChI=1S/C10H14ClFS/c1-4-5-10(2,3)7-6-8(12)13-9(7)11/h6H,4-5H2,1-3H3. The van der Waals surface area contributed by atoms with Crippen molar-refractivity contribution < 1.29 is 4.39 Å². The van der Waals surface area contributed by atoms with Crippen LogP contribution in [0.2, 0.25) is 4.34 Å². The minimum Gasteiger partial charge on any atom is -0.195 e. The molecule has 74 valence electrons. The van der Waals surface area contributed by atoms with E-state index in [1.54, 1.807) is 6.07 Å². The van der Waals surface area contributed by atoms with Gasteiger partial charge in [0.15, 0.2) is 5.13 Å². The Balaban J connectivity index is 2.98. The van der Waals surface area contributed by atoms with E-state index in [4.69, 9.17) is 11.6 Å². The van der Waals surface area contributed by atoms with Crippen molar-refractivity contribution in [3.63, 3.8) is 0 Å². The summed E-state index contributed by atoms with van der Waals surface area (Å²) in [5.74, 6) is 0. The van der Waals surface area contributed by atoms with E-state index < -0.39 is 0 Å². The second-order valence-corrected chi connectivity index (χ2v) is 5.48. The third kappa shape index (κ3) is 2.44. The molecule has 0 aliphatic heterocycles. The van der Waals surface area contributed by atoms with Gasteiger partial charge in [0, 0.05) is 0 Å². The molecule has 0 amide bonds. The summed E-state index contributed by atoms with van der Waals surface area (Å²) >= 11 is 6.96. The molecular weight excluding hydrogens is 207 g/mol. The fourth-order valence-electron chi connectivity index (χ4n) is 1.56. The van der Waals surface area contributed by atoms with Crippen LogP contribution in [-0.2, 0) is 5.41 Å². The Morgan fingerprint density at radius 2 is 2.15 bits per heavy atom. The quantitative estimate of drug-likeness (QED) is 0.698. The topological polar surface area (TPSA) is 0 Å². The second-order valence-electron chi connectivity index (χ2n) is 3.87. The average molecular weight is 221 g/mol. The van der Waals surface area contributed by atoms with Crippen molar-refractivity contribution in [2.24, 2.45) is 0 Å². The molecular formula is C10H14ClFS. The van der Waals surface area contributed by atoms with Gasteiger partial charge in [-0.2, -0.15) is 4.39 Å². The molecule has 1 heterocycles. The maximum absolute atomic E-state index is 12.9. The van der Waals surface area contributed by atoms with E-state index in [1.807, 2.05) is 0 Å². The van der Waals surface area contributed by atoms with Crippen LogP contribution >= 0.6 is 22.9 Å². The van der Waals surface area contributed by atoms with Crippen LogP contribution in [0, 0.1) is 5.13 Å². The van der Waals surface area contributed by atoms with Gasteiger partial charge in [-0.3, -0.25) is 0 Å². The lowest BCUT2D eigenvalue weighted by Gasteiger charge is -2.23. The zero-order valence-corrected chi connectivity index (χ0v) is 9.73. The van der Waals surface area contributed by atoms with Gasteiger partial charge in [-0.25, -0.2) is 0 Å². The van der Waals surface area contributed by atoms with Gasteiger partial charge >= 0.3 is 0 Å². The normalized spacial score (nSPS) is 12.1. The molecule has 0 N–H and O–H groups in total. The molecule has 0 fully saturated rings. The van der Waals surface area contributed by atoms with Crippen LogP contribution in [0.4, 0.5) is 4.39 Å². The first kappa shape index (κ1) is 11.0. The molecule has 0 aliphatic rings. The van der Waals surface area contributed by atoms with E-state index in [-0.39, 0.29) is 10.5 Å². The minimum absolute atomic E-state index is 0.00727. The number of rotatable bonds is 3. The van der Waals surface area contributed by atoms with Crippen LogP contribution in [-0.4, -0.2) is 0 Å². The summed E-state index contributed by atoms with van der Waals surface area (Å²) in [5.41, 5.74) is 0.936. The predicted octanol–water partition coefficient (Wildman–Crippen LogP) is 4.62. The first-order valence-electron chi connectivity index (χ1n) is 4.42. The molecule has 0 unspecified atom stereocenters. The third-order valence-corrected chi connectivity index (χ3v) is 3.41. The summed E-state index contributed by atoms with van der Waals surface area (Å²) in [6.07, 6.45) is 2.11. The highest BCUT2D eigenvalue weighted by Gasteiger charge is 2.24. The van der Waals surface area contributed by atoms with Crippen molar-refractivity contribution in [2.75, 3.05) is 0 Å². The zero-order valence-electron chi connectivity index (χ0n) is 8.16. The van der Waals surface area contributed by atoms with Crippen molar-refractivity contribution in [1.82, 2.24) is 0 Å². The van der Waals surface area contributed by atoms with E-state index in [0.29, 0.717) is 4.34 Å². The molecule has 1 rings (SSSR count). The fraction of sp³-hybridized carbons (Fsp3) is 0.600. The Kier molecular flexibility index (Phi) is 3.36. The van der Waals surface area contributed by atoms with Gasteiger partial charge in [-0.15, -0.1) is 0 Å². The second kappa shape index (κ2) is 3.97. The first-order chi connectivity index (χ1) is 5.97. The average Bonchev–Trinajstić information content (AvgIpc) is 2.30. The van der Waals surface area contributed by atoms with Crippen molar-refractivity contribution in [2.45, 2.75) is 39.0 Å². The van der Waals surface area contributed by atoms with E-state index in [2.05, 4.69) is 20.8 Å². The van der Waals surface area contributed by atoms with Crippen LogP contribution in [0.5, 0.6) is 0 Å². The van der Waals surface area contributed by atoms with Gasteiger partial charge in [-0.05, 0) is 23.5 Å². The minimum atomic E-state index is -0.191. The SMILES string of the molecule is CCCC(C)(C)c1cc(F)sc1Cl. The summed E-state index contributed by atoms with van der Waals surface area (Å²) in [7, 11) is 0. The highest BCUT2D eigenvalue weighted by molar-refractivity contribution is 7.14. The van der Waals surface area contributed by atoms with Crippen molar-refractivity contribution in [3.05, 3.63) is 21.1 Å². The van der Waals surface area contributed by atoms with Crippen LogP contribution < -0.4 is 0 Å². The molecule has 0 nitrogen and oxygen atoms in total. The first-order valence-corrected chi connectivity index (χ1v) is 5.62. The molecule has 0 aromatic carbocycles. The lowest BCUT2D eigenvalue weighted by atomic mass is 9.82. The molecule has 13 heavy (non-hydrogen) atoms. The van der Waals surface area contributed by atoms with Gasteiger partial charge in [0.1, 0.15) is 0 Å². The monoisotopic (exact) mass is 220 g/mol. The highest BCUT2D eigenvalue weighted by atomic mass is 35.5. The molecule has 1 aromatic rings. The van der Waals surface area contributed by atoms with Gasteiger partial charge < -0.3 is 0 Å². The van der Waals surface area contributed by atoms with E-state index >= 15 is 0 Å². The number of halogens is 2. The maximum Gasteiger partial charge on any atom is 0.178 e. The maximum atomic E-state index is 12.9. The lowest BCUT2D eigenvalue weighted by Crippen LogP contribution is -2.15. The predicted molar refractivity (Wildman–Crippen MR) is 57.2 cm³/mol. The summed E-state index contributed by atoms with van der Waals surface area (Å²) in [6.45, 7) is 6.33. The Morgan fingerprint density at radius 3 is 2.54 bits per heavy atom. The molecule has 0 saturated heterocycles. The Hall–Kier alpha value is -0.0800. The van der Waals surface area contributed by atoms with Crippen molar-refractivity contribution in [3.8, 4) is 0 Å². The lowest BCUT2D eigenvalue weighted by molar-refractivity contribution is 0.473. The molecule has 3 heteroatoms. The molecule has 0 spiro atoms. The Labute approximate surface area is 87.7 Å². The van der Waals surface area contributed by atoms with Crippen LogP contribution in [0.15, 0.2) is 6.07 Å². The molecule has 0 atom stereocenters. The van der Waals surface area contributed by atoms with Crippen molar-refractivity contribution >= 4 is 22.9 Å². The van der Waals surface area contributed by atoms with Crippen LogP contribution in [0.25, 0.3) is 0 Å². The number of thiophene rings is 1. The summed E-state index contributed by atoms with van der Waals surface area (Å²) in [6, 6.07) is 1.56. The van der Waals surface area contributed by atoms with Crippen LogP contribution in [0.1, 0.15) is 39.2 Å². The molecule has 0 saturated carbocycles.